The van der Waals surface area contributed by atoms with Crippen LogP contribution in [0.1, 0.15) is 55.3 Å². The lowest BCUT2D eigenvalue weighted by Gasteiger charge is -2.34. The van der Waals surface area contributed by atoms with E-state index >= 15 is 0 Å². The SMILES string of the molecule is O=C(c1ccc(OC[C@@H]2CCCN(C(=O)[C@H]3CCCO3)C2)cc1)N1CCCCC1. The molecule has 4 rings (SSSR count). The van der Waals surface area contributed by atoms with Crippen molar-refractivity contribution in [2.24, 2.45) is 5.92 Å². The van der Waals surface area contributed by atoms with Gasteiger partial charge in [-0.25, -0.2) is 0 Å². The fourth-order valence-corrected chi connectivity index (χ4v) is 4.56. The fraction of sp³-hybridized carbons (Fsp3) is 0.652. The van der Waals surface area contributed by atoms with E-state index in [1.54, 1.807) is 0 Å². The topological polar surface area (TPSA) is 59.1 Å². The van der Waals surface area contributed by atoms with E-state index in [1.807, 2.05) is 34.1 Å². The van der Waals surface area contributed by atoms with E-state index in [9.17, 15) is 9.59 Å². The van der Waals surface area contributed by atoms with Crippen LogP contribution < -0.4 is 4.74 Å². The van der Waals surface area contributed by atoms with Gasteiger partial charge in [-0.3, -0.25) is 9.59 Å². The second kappa shape index (κ2) is 9.61. The summed E-state index contributed by atoms with van der Waals surface area (Å²) in [4.78, 5) is 29.0. The molecule has 2 amide bonds. The van der Waals surface area contributed by atoms with Crippen molar-refractivity contribution < 1.29 is 19.1 Å². The average Bonchev–Trinajstić information content (AvgIpc) is 3.33. The largest absolute Gasteiger partial charge is 0.493 e. The molecule has 0 bridgehead atoms. The average molecular weight is 401 g/mol. The number of piperidine rings is 2. The monoisotopic (exact) mass is 400 g/mol. The van der Waals surface area contributed by atoms with Gasteiger partial charge in [-0.15, -0.1) is 0 Å². The van der Waals surface area contributed by atoms with E-state index in [0.29, 0.717) is 19.1 Å². The van der Waals surface area contributed by atoms with Gasteiger partial charge in [-0.05, 0) is 69.2 Å². The smallest absolute Gasteiger partial charge is 0.253 e. The Bertz CT molecular complexity index is 693. The van der Waals surface area contributed by atoms with Crippen LogP contribution in [0.25, 0.3) is 0 Å². The zero-order valence-electron chi connectivity index (χ0n) is 17.2. The Morgan fingerprint density at radius 2 is 1.69 bits per heavy atom. The first kappa shape index (κ1) is 20.2. The highest BCUT2D eigenvalue weighted by Crippen LogP contribution is 2.23. The Morgan fingerprint density at radius 1 is 0.931 bits per heavy atom. The maximum Gasteiger partial charge on any atom is 0.253 e. The molecule has 3 saturated heterocycles. The van der Waals surface area contributed by atoms with Crippen molar-refractivity contribution in [2.45, 2.75) is 51.0 Å². The van der Waals surface area contributed by atoms with Gasteiger partial charge in [-0.2, -0.15) is 0 Å². The summed E-state index contributed by atoms with van der Waals surface area (Å²) in [6.07, 6.45) is 7.08. The Hall–Kier alpha value is -2.08. The number of ether oxygens (including phenoxy) is 2. The predicted octanol–water partition coefficient (Wildman–Crippen LogP) is 3.11. The van der Waals surface area contributed by atoms with Gasteiger partial charge in [0, 0.05) is 44.3 Å². The summed E-state index contributed by atoms with van der Waals surface area (Å²) in [6, 6.07) is 7.49. The molecule has 1 aromatic rings. The molecule has 3 heterocycles. The van der Waals surface area contributed by atoms with E-state index in [1.165, 1.54) is 6.42 Å². The summed E-state index contributed by atoms with van der Waals surface area (Å²) in [5.41, 5.74) is 0.727. The van der Waals surface area contributed by atoms with Crippen LogP contribution in [-0.4, -0.2) is 67.1 Å². The lowest BCUT2D eigenvalue weighted by molar-refractivity contribution is -0.143. The number of benzene rings is 1. The Labute approximate surface area is 173 Å². The van der Waals surface area contributed by atoms with Gasteiger partial charge < -0.3 is 19.3 Å². The number of amides is 2. The van der Waals surface area contributed by atoms with Crippen LogP contribution in [0, 0.1) is 5.92 Å². The highest BCUT2D eigenvalue weighted by atomic mass is 16.5. The fourth-order valence-electron chi connectivity index (χ4n) is 4.56. The Kier molecular flexibility index (Phi) is 6.70. The predicted molar refractivity (Wildman–Crippen MR) is 110 cm³/mol. The van der Waals surface area contributed by atoms with Crippen molar-refractivity contribution in [1.82, 2.24) is 9.80 Å². The van der Waals surface area contributed by atoms with Crippen molar-refractivity contribution in [2.75, 3.05) is 39.4 Å². The maximum absolute atomic E-state index is 12.6. The molecular weight excluding hydrogens is 368 g/mol. The van der Waals surface area contributed by atoms with Crippen LogP contribution in [0.5, 0.6) is 5.75 Å². The highest BCUT2D eigenvalue weighted by molar-refractivity contribution is 5.94. The minimum absolute atomic E-state index is 0.117. The summed E-state index contributed by atoms with van der Waals surface area (Å²) in [6.45, 7) is 4.58. The zero-order chi connectivity index (χ0) is 20.1. The van der Waals surface area contributed by atoms with Gasteiger partial charge in [0.15, 0.2) is 0 Å². The molecule has 3 aliphatic heterocycles. The Balaban J connectivity index is 1.26. The van der Waals surface area contributed by atoms with Crippen molar-refractivity contribution >= 4 is 11.8 Å². The summed E-state index contributed by atoms with van der Waals surface area (Å²) < 4.78 is 11.5. The lowest BCUT2D eigenvalue weighted by atomic mass is 9.98. The maximum atomic E-state index is 12.6. The molecule has 6 nitrogen and oxygen atoms in total. The molecule has 0 spiro atoms. The van der Waals surface area contributed by atoms with Crippen molar-refractivity contribution in [1.29, 1.82) is 0 Å². The first-order valence-electron chi connectivity index (χ1n) is 11.1. The molecule has 0 N–H and O–H groups in total. The number of likely N-dealkylation sites (tertiary alicyclic amines) is 2. The van der Waals surface area contributed by atoms with E-state index in [4.69, 9.17) is 9.47 Å². The van der Waals surface area contributed by atoms with Gasteiger partial charge in [0.1, 0.15) is 11.9 Å². The van der Waals surface area contributed by atoms with E-state index in [-0.39, 0.29) is 17.9 Å². The number of nitrogens with zero attached hydrogens (tertiary/aromatic N) is 2. The highest BCUT2D eigenvalue weighted by Gasteiger charge is 2.31. The first-order chi connectivity index (χ1) is 14.2. The quantitative estimate of drug-likeness (QED) is 0.762. The van der Waals surface area contributed by atoms with Crippen LogP contribution in [0.15, 0.2) is 24.3 Å². The molecule has 0 radical (unpaired) electrons. The van der Waals surface area contributed by atoms with Crippen molar-refractivity contribution in [3.8, 4) is 5.75 Å². The van der Waals surface area contributed by atoms with E-state index in [0.717, 1.165) is 76.0 Å². The number of hydrogen-bond acceptors (Lipinski definition) is 4. The Morgan fingerprint density at radius 3 is 2.41 bits per heavy atom. The van der Waals surface area contributed by atoms with E-state index in [2.05, 4.69) is 0 Å². The van der Waals surface area contributed by atoms with Gasteiger partial charge in [0.25, 0.3) is 11.8 Å². The molecular formula is C23H32N2O4. The minimum atomic E-state index is -0.236. The molecule has 3 aliphatic rings. The zero-order valence-corrected chi connectivity index (χ0v) is 17.2. The lowest BCUT2D eigenvalue weighted by Crippen LogP contribution is -2.45. The number of rotatable bonds is 5. The third kappa shape index (κ3) is 5.10. The van der Waals surface area contributed by atoms with Crippen molar-refractivity contribution in [3.05, 3.63) is 29.8 Å². The third-order valence-corrected chi connectivity index (χ3v) is 6.27. The molecule has 2 atom stereocenters. The first-order valence-corrected chi connectivity index (χ1v) is 11.1. The van der Waals surface area contributed by atoms with Gasteiger partial charge in [0.05, 0.1) is 6.61 Å². The van der Waals surface area contributed by atoms with Gasteiger partial charge in [-0.1, -0.05) is 0 Å². The molecule has 6 heteroatoms. The van der Waals surface area contributed by atoms with Crippen LogP contribution in [0.4, 0.5) is 0 Å². The summed E-state index contributed by atoms with van der Waals surface area (Å²) >= 11 is 0. The van der Waals surface area contributed by atoms with Gasteiger partial charge in [0.2, 0.25) is 0 Å². The van der Waals surface area contributed by atoms with Crippen LogP contribution in [-0.2, 0) is 9.53 Å². The molecule has 0 saturated carbocycles. The van der Waals surface area contributed by atoms with Crippen molar-refractivity contribution in [3.63, 3.8) is 0 Å². The summed E-state index contributed by atoms with van der Waals surface area (Å²) in [5.74, 6) is 1.38. The molecule has 1 aromatic carbocycles. The van der Waals surface area contributed by atoms with Crippen LogP contribution >= 0.6 is 0 Å². The van der Waals surface area contributed by atoms with Gasteiger partial charge >= 0.3 is 0 Å². The molecule has 0 aromatic heterocycles. The van der Waals surface area contributed by atoms with E-state index < -0.39 is 0 Å². The standard InChI is InChI=1S/C23H32N2O4/c26-22(24-12-2-1-3-13-24)19-8-10-20(11-9-19)29-17-18-6-4-14-25(16-18)23(27)21-7-5-15-28-21/h8-11,18,21H,1-7,12-17H2/t18-,21-/m1/s1. The second-order valence-corrected chi connectivity index (χ2v) is 8.48. The van der Waals surface area contributed by atoms with Crippen LogP contribution in [0.2, 0.25) is 0 Å². The normalized spacial score (nSPS) is 25.1. The number of carbonyl (C=O) groups excluding carboxylic acids is 2. The third-order valence-electron chi connectivity index (χ3n) is 6.27. The number of hydrogen-bond donors (Lipinski definition) is 0. The molecule has 0 aliphatic carbocycles. The minimum Gasteiger partial charge on any atom is -0.493 e. The summed E-state index contributed by atoms with van der Waals surface area (Å²) in [5, 5.41) is 0. The molecule has 158 valence electrons. The molecule has 3 fully saturated rings. The molecule has 29 heavy (non-hydrogen) atoms. The number of carbonyl (C=O) groups is 2. The molecule has 0 unspecified atom stereocenters. The summed E-state index contributed by atoms with van der Waals surface area (Å²) in [7, 11) is 0. The second-order valence-electron chi connectivity index (χ2n) is 8.48. The van der Waals surface area contributed by atoms with Crippen LogP contribution in [0.3, 0.4) is 0 Å².